The van der Waals surface area contributed by atoms with E-state index in [1.807, 2.05) is 0 Å². The maximum atomic E-state index is 9.56. The van der Waals surface area contributed by atoms with Gasteiger partial charge >= 0.3 is 22.5 Å². The topological polar surface area (TPSA) is 0 Å². The monoisotopic (exact) mass is 119 g/mol. The fourth-order valence-electron chi connectivity index (χ4n) is 0. The van der Waals surface area contributed by atoms with Crippen molar-refractivity contribution in [2.24, 2.45) is 0 Å². The molecule has 0 aromatic carbocycles. The van der Waals surface area contributed by atoms with Crippen molar-refractivity contribution in [3.05, 3.63) is 0 Å². The number of halogens is 2. The van der Waals surface area contributed by atoms with Crippen LogP contribution in [-0.2, 0) is 15.3 Å². The van der Waals surface area contributed by atoms with Gasteiger partial charge in [-0.05, 0) is 0 Å². The molecule has 0 fully saturated rings. The maximum Gasteiger partial charge on any atom is 0 e. The predicted molar refractivity (Wildman–Crippen MR) is 7.97 cm³/mol. The molecule has 0 rings (SSSR count). The van der Waals surface area contributed by atoms with E-state index in [4.69, 9.17) is 0 Å². The minimum Gasteiger partial charge on any atom is 0 e. The van der Waals surface area contributed by atoms with E-state index >= 15 is 0 Å². The zero-order valence-electron chi connectivity index (χ0n) is 2.07. The average molecular weight is 120 g/mol. The molecule has 0 aliphatic heterocycles. The second-order valence-corrected chi connectivity index (χ2v) is 0.186. The fourth-order valence-corrected chi connectivity index (χ4v) is 0. The molecule has 4 heavy (non-hydrogen) atoms. The summed E-state index contributed by atoms with van der Waals surface area (Å²) in [5.74, 6) is 0. The molecule has 0 amide bonds. The third-order valence-electron chi connectivity index (χ3n) is 0. The van der Waals surface area contributed by atoms with Gasteiger partial charge in [0.2, 0.25) is 0 Å². The molecule has 0 atom stereocenters. The van der Waals surface area contributed by atoms with Crippen molar-refractivity contribution in [1.29, 1.82) is 0 Å². The Morgan fingerprint density at radius 2 is 1.25 bits per heavy atom. The summed E-state index contributed by atoms with van der Waals surface area (Å²) >= 11 is -1.38. The molecule has 0 N–H and O–H groups in total. The van der Waals surface area contributed by atoms with Gasteiger partial charge in [-0.3, -0.25) is 0 Å². The first-order valence-corrected chi connectivity index (χ1v) is 0.986. The molecule has 0 unspecified atom stereocenters. The Morgan fingerprint density at radius 1 is 1.25 bits per heavy atom. The first kappa shape index (κ1) is 9.02. The van der Waals surface area contributed by atoms with Crippen molar-refractivity contribution < 1.29 is 22.5 Å². The molecule has 0 spiro atoms. The maximum absolute atomic E-state index is 9.56. The van der Waals surface area contributed by atoms with Gasteiger partial charge in [-0.25, -0.2) is 0 Å². The van der Waals surface area contributed by atoms with Gasteiger partial charge < -0.3 is 0 Å². The average Bonchev–Trinajstić information content (AvgIpc) is 0.918. The van der Waals surface area contributed by atoms with Gasteiger partial charge in [0.05, 0.1) is 0 Å². The Bertz CT molecular complexity index is 6.00. The van der Waals surface area contributed by atoms with Crippen LogP contribution in [0.15, 0.2) is 0 Å². The fraction of sp³-hybridized carbons (Fsp3) is 0. The second kappa shape index (κ2) is 8.84. The summed E-state index contributed by atoms with van der Waals surface area (Å²) in [6, 6.07) is 0. The van der Waals surface area contributed by atoms with Crippen LogP contribution in [0.4, 0.5) is 7.21 Å². The van der Waals surface area contributed by atoms with E-state index in [1.165, 1.54) is 0 Å². The van der Waals surface area contributed by atoms with Gasteiger partial charge in [0.15, 0.2) is 0 Å². The summed E-state index contributed by atoms with van der Waals surface area (Å²) < 4.78 is 19.1. The molecule has 0 bridgehead atoms. The van der Waals surface area contributed by atoms with Gasteiger partial charge in [0.1, 0.15) is 0 Å². The van der Waals surface area contributed by atoms with Crippen LogP contribution in [0, 0.1) is 0 Å². The molecule has 4 heteroatoms. The normalized spacial score (nSPS) is 5.50. The molecule has 0 aromatic rings. The van der Waals surface area contributed by atoms with E-state index in [2.05, 4.69) is 0 Å². The van der Waals surface area contributed by atoms with Crippen LogP contribution in [0.2, 0.25) is 0 Å². The van der Waals surface area contributed by atoms with Crippen molar-refractivity contribution in [1.82, 2.24) is 0 Å². The first-order chi connectivity index (χ1) is 1.41. The van der Waals surface area contributed by atoms with Gasteiger partial charge in [-0.2, -0.15) is 0 Å². The number of hydrogen-bond acceptors (Lipinski definition) is 0. The molecular weight excluding hydrogens is 120 g/mol. The SMILES string of the molecule is [F][Ni][F].[Na]. The quantitative estimate of drug-likeness (QED) is 0.407. The third kappa shape index (κ3) is 10.1. The van der Waals surface area contributed by atoms with E-state index in [1.54, 1.807) is 0 Å². The van der Waals surface area contributed by atoms with Crippen LogP contribution >= 0.6 is 0 Å². The molecule has 0 saturated carbocycles. The molecule has 0 aromatic heterocycles. The minimum absolute atomic E-state index is 0. The van der Waals surface area contributed by atoms with E-state index in [0.29, 0.717) is 0 Å². The van der Waals surface area contributed by atoms with Crippen molar-refractivity contribution in [2.45, 2.75) is 0 Å². The summed E-state index contributed by atoms with van der Waals surface area (Å²) in [5, 5.41) is 0. The molecular formula is F2NaNi. The summed E-state index contributed by atoms with van der Waals surface area (Å²) in [4.78, 5) is 0. The predicted octanol–water partition coefficient (Wildman–Crippen LogP) is 0.457. The molecule has 1 radical (unpaired) electrons. The van der Waals surface area contributed by atoms with Gasteiger partial charge in [-0.1, -0.05) is 0 Å². The number of rotatable bonds is 0. The Balaban J connectivity index is 0. The van der Waals surface area contributed by atoms with E-state index in [0.717, 1.165) is 0 Å². The van der Waals surface area contributed by atoms with Crippen molar-refractivity contribution >= 4 is 29.6 Å². The molecule has 0 heterocycles. The zero-order valence-corrected chi connectivity index (χ0v) is 5.06. The van der Waals surface area contributed by atoms with Crippen LogP contribution < -0.4 is 0 Å². The van der Waals surface area contributed by atoms with E-state index in [-0.39, 0.29) is 29.6 Å². The van der Waals surface area contributed by atoms with Crippen molar-refractivity contribution in [3.63, 3.8) is 0 Å². The van der Waals surface area contributed by atoms with Crippen molar-refractivity contribution in [3.8, 4) is 0 Å². The molecule has 25 valence electrons. The molecule has 0 nitrogen and oxygen atoms in total. The van der Waals surface area contributed by atoms with Crippen molar-refractivity contribution in [2.75, 3.05) is 0 Å². The summed E-state index contributed by atoms with van der Waals surface area (Å²) in [5.41, 5.74) is 0. The Hall–Kier alpha value is 1.35. The van der Waals surface area contributed by atoms with Crippen LogP contribution in [0.25, 0.3) is 0 Å². The zero-order chi connectivity index (χ0) is 2.71. The standard InChI is InChI=1S/2FH.Na.Ni/h2*1H;;/q;;;+2/p-2. The van der Waals surface area contributed by atoms with Crippen LogP contribution in [0.5, 0.6) is 0 Å². The van der Waals surface area contributed by atoms with Gasteiger partial charge in [0.25, 0.3) is 0 Å². The van der Waals surface area contributed by atoms with Crippen LogP contribution in [-0.4, -0.2) is 29.6 Å². The van der Waals surface area contributed by atoms with E-state index < -0.39 is 15.3 Å². The summed E-state index contributed by atoms with van der Waals surface area (Å²) in [6.45, 7) is 0. The minimum atomic E-state index is -1.38. The molecule has 0 aliphatic carbocycles. The summed E-state index contributed by atoms with van der Waals surface area (Å²) in [7, 11) is 0. The van der Waals surface area contributed by atoms with Gasteiger partial charge in [-0.15, -0.1) is 0 Å². The Morgan fingerprint density at radius 3 is 1.25 bits per heavy atom. The van der Waals surface area contributed by atoms with Gasteiger partial charge in [0, 0.05) is 29.6 Å². The van der Waals surface area contributed by atoms with Crippen LogP contribution in [0.1, 0.15) is 0 Å². The summed E-state index contributed by atoms with van der Waals surface area (Å²) in [6.07, 6.45) is 0. The smallest absolute Gasteiger partial charge is 0 e. The number of hydrogen-bond donors (Lipinski definition) is 0. The molecule has 0 saturated heterocycles. The van der Waals surface area contributed by atoms with E-state index in [9.17, 15) is 7.21 Å². The third-order valence-corrected chi connectivity index (χ3v) is 0. The molecule has 0 aliphatic rings. The first-order valence-electron chi connectivity index (χ1n) is 0.239. The Labute approximate surface area is 51.9 Å². The Kier molecular flexibility index (Phi) is 19.9. The second-order valence-electron chi connectivity index (χ2n) is 0.0452. The largest absolute Gasteiger partial charge is 0 e. The van der Waals surface area contributed by atoms with Crippen LogP contribution in [0.3, 0.4) is 0 Å².